The number of nitrogens with zero attached hydrogens (tertiary/aromatic N) is 3. The van der Waals surface area contributed by atoms with Gasteiger partial charge in [0.15, 0.2) is 0 Å². The molecule has 2 atom stereocenters. The van der Waals surface area contributed by atoms with E-state index < -0.39 is 0 Å². The Labute approximate surface area is 124 Å². The molecule has 5 nitrogen and oxygen atoms in total. The van der Waals surface area contributed by atoms with E-state index in [-0.39, 0.29) is 5.91 Å². The number of nitrogens with one attached hydrogen (secondary N) is 1. The zero-order valence-electron chi connectivity index (χ0n) is 12.0. The molecule has 2 bridgehead atoms. The fraction of sp³-hybridized carbons (Fsp3) is 0.500. The second-order valence-electron chi connectivity index (χ2n) is 6.14. The van der Waals surface area contributed by atoms with Crippen LogP contribution >= 0.6 is 0 Å². The molecule has 0 aromatic carbocycles. The van der Waals surface area contributed by atoms with Gasteiger partial charge in [-0.1, -0.05) is 6.07 Å². The Kier molecular flexibility index (Phi) is 3.15. The Bertz CT molecular complexity index is 632. The zero-order valence-corrected chi connectivity index (χ0v) is 12.0. The number of carbonyl (C=O) groups excluding carboxylic acids is 1. The SMILES string of the molecule is O=C(Cc1cn2ccccc2n1)N1CCC2CCC(C1)N2. The van der Waals surface area contributed by atoms with Crippen molar-refractivity contribution >= 4 is 11.6 Å². The Morgan fingerprint density at radius 1 is 1.29 bits per heavy atom. The van der Waals surface area contributed by atoms with Crippen LogP contribution in [0.3, 0.4) is 0 Å². The van der Waals surface area contributed by atoms with Gasteiger partial charge in [0.2, 0.25) is 5.91 Å². The van der Waals surface area contributed by atoms with Crippen LogP contribution in [0, 0.1) is 0 Å². The predicted molar refractivity (Wildman–Crippen MR) is 80.0 cm³/mol. The molecule has 1 amide bonds. The average Bonchev–Trinajstić information content (AvgIpc) is 3.01. The van der Waals surface area contributed by atoms with Crippen LogP contribution in [0.25, 0.3) is 5.65 Å². The van der Waals surface area contributed by atoms with E-state index in [1.165, 1.54) is 12.8 Å². The molecule has 21 heavy (non-hydrogen) atoms. The van der Waals surface area contributed by atoms with Gasteiger partial charge in [0.25, 0.3) is 0 Å². The smallest absolute Gasteiger partial charge is 0.228 e. The van der Waals surface area contributed by atoms with Gasteiger partial charge < -0.3 is 14.6 Å². The van der Waals surface area contributed by atoms with E-state index in [9.17, 15) is 4.79 Å². The number of amides is 1. The summed E-state index contributed by atoms with van der Waals surface area (Å²) in [5.41, 5.74) is 1.76. The Morgan fingerprint density at radius 2 is 2.19 bits per heavy atom. The van der Waals surface area contributed by atoms with Crippen molar-refractivity contribution in [2.24, 2.45) is 0 Å². The van der Waals surface area contributed by atoms with Gasteiger partial charge in [-0.2, -0.15) is 0 Å². The number of pyridine rings is 1. The molecule has 2 saturated heterocycles. The third-order valence-corrected chi connectivity index (χ3v) is 4.62. The summed E-state index contributed by atoms with van der Waals surface area (Å²) in [4.78, 5) is 19.1. The lowest BCUT2D eigenvalue weighted by Crippen LogP contribution is -2.39. The highest BCUT2D eigenvalue weighted by molar-refractivity contribution is 5.78. The van der Waals surface area contributed by atoms with Crippen LogP contribution in [-0.4, -0.2) is 45.4 Å². The number of imidazole rings is 1. The molecule has 2 aromatic rings. The van der Waals surface area contributed by atoms with Crippen LogP contribution in [0.5, 0.6) is 0 Å². The summed E-state index contributed by atoms with van der Waals surface area (Å²) in [6, 6.07) is 7.00. The van der Waals surface area contributed by atoms with Crippen molar-refractivity contribution in [1.29, 1.82) is 0 Å². The Balaban J connectivity index is 1.47. The number of rotatable bonds is 2. The minimum atomic E-state index is 0.202. The molecule has 0 saturated carbocycles. The topological polar surface area (TPSA) is 49.6 Å². The number of likely N-dealkylation sites (tertiary alicyclic amines) is 1. The third-order valence-electron chi connectivity index (χ3n) is 4.62. The van der Waals surface area contributed by atoms with Gasteiger partial charge in [-0.05, 0) is 31.4 Å². The molecule has 4 rings (SSSR count). The average molecular weight is 284 g/mol. The summed E-state index contributed by atoms with van der Waals surface area (Å²) in [6.07, 6.45) is 7.86. The van der Waals surface area contributed by atoms with Crippen LogP contribution in [0.1, 0.15) is 25.0 Å². The van der Waals surface area contributed by atoms with Crippen molar-refractivity contribution in [3.63, 3.8) is 0 Å². The molecule has 0 aliphatic carbocycles. The first kappa shape index (κ1) is 12.8. The molecule has 2 aliphatic rings. The first-order valence-corrected chi connectivity index (χ1v) is 7.74. The molecule has 2 aliphatic heterocycles. The van der Waals surface area contributed by atoms with E-state index in [4.69, 9.17) is 0 Å². The third kappa shape index (κ3) is 2.53. The highest BCUT2D eigenvalue weighted by Crippen LogP contribution is 2.20. The predicted octanol–water partition coefficient (Wildman–Crippen LogP) is 1.23. The van der Waals surface area contributed by atoms with Crippen LogP contribution in [0.15, 0.2) is 30.6 Å². The fourth-order valence-corrected chi connectivity index (χ4v) is 3.51. The van der Waals surface area contributed by atoms with Crippen LogP contribution in [0.2, 0.25) is 0 Å². The van der Waals surface area contributed by atoms with Crippen molar-refractivity contribution in [2.45, 2.75) is 37.8 Å². The molecule has 5 heteroatoms. The van der Waals surface area contributed by atoms with Gasteiger partial charge in [-0.15, -0.1) is 0 Å². The van der Waals surface area contributed by atoms with Gasteiger partial charge in [0.05, 0.1) is 12.1 Å². The molecule has 4 heterocycles. The summed E-state index contributed by atoms with van der Waals surface area (Å²) in [7, 11) is 0. The van der Waals surface area contributed by atoms with Crippen LogP contribution in [-0.2, 0) is 11.2 Å². The first-order chi connectivity index (χ1) is 10.3. The summed E-state index contributed by atoms with van der Waals surface area (Å²) < 4.78 is 1.97. The van der Waals surface area contributed by atoms with E-state index in [0.717, 1.165) is 30.9 Å². The Hall–Kier alpha value is -1.88. The summed E-state index contributed by atoms with van der Waals surface area (Å²) in [5, 5.41) is 3.61. The second kappa shape index (κ2) is 5.15. The Morgan fingerprint density at radius 3 is 3.10 bits per heavy atom. The van der Waals surface area contributed by atoms with Gasteiger partial charge in [-0.25, -0.2) is 4.98 Å². The minimum absolute atomic E-state index is 0.202. The number of hydrogen-bond donors (Lipinski definition) is 1. The van der Waals surface area contributed by atoms with E-state index in [2.05, 4.69) is 10.3 Å². The number of carbonyl (C=O) groups is 1. The fourth-order valence-electron chi connectivity index (χ4n) is 3.51. The van der Waals surface area contributed by atoms with Crippen molar-refractivity contribution in [3.05, 3.63) is 36.3 Å². The molecule has 2 unspecified atom stereocenters. The van der Waals surface area contributed by atoms with Crippen molar-refractivity contribution < 1.29 is 4.79 Å². The van der Waals surface area contributed by atoms with Crippen molar-refractivity contribution in [2.75, 3.05) is 13.1 Å². The van der Waals surface area contributed by atoms with Crippen LogP contribution < -0.4 is 5.32 Å². The lowest BCUT2D eigenvalue weighted by Gasteiger charge is -2.24. The zero-order chi connectivity index (χ0) is 14.2. The molecule has 0 radical (unpaired) electrons. The second-order valence-corrected chi connectivity index (χ2v) is 6.14. The lowest BCUT2D eigenvalue weighted by atomic mass is 10.1. The van der Waals surface area contributed by atoms with Crippen LogP contribution in [0.4, 0.5) is 0 Å². The molecule has 2 fully saturated rings. The summed E-state index contributed by atoms with van der Waals surface area (Å²) in [6.45, 7) is 1.73. The molecular formula is C16H20N4O. The van der Waals surface area contributed by atoms with E-state index in [1.54, 1.807) is 0 Å². The molecule has 2 aromatic heterocycles. The van der Waals surface area contributed by atoms with Crippen molar-refractivity contribution in [3.8, 4) is 0 Å². The molecule has 0 spiro atoms. The van der Waals surface area contributed by atoms with Gasteiger partial charge in [-0.3, -0.25) is 4.79 Å². The highest BCUT2D eigenvalue weighted by atomic mass is 16.2. The number of fused-ring (bicyclic) bond motifs is 3. The van der Waals surface area contributed by atoms with Gasteiger partial charge in [0, 0.05) is 37.6 Å². The summed E-state index contributed by atoms with van der Waals surface area (Å²) in [5.74, 6) is 0.202. The lowest BCUT2D eigenvalue weighted by molar-refractivity contribution is -0.130. The normalized spacial score (nSPS) is 25.2. The van der Waals surface area contributed by atoms with E-state index >= 15 is 0 Å². The summed E-state index contributed by atoms with van der Waals surface area (Å²) >= 11 is 0. The van der Waals surface area contributed by atoms with E-state index in [1.807, 2.05) is 39.9 Å². The monoisotopic (exact) mass is 284 g/mol. The van der Waals surface area contributed by atoms with Gasteiger partial charge in [0.1, 0.15) is 5.65 Å². The first-order valence-electron chi connectivity index (χ1n) is 7.74. The largest absolute Gasteiger partial charge is 0.341 e. The standard InChI is InChI=1S/C16H20N4O/c21-16(20-8-6-12-4-5-13(10-20)17-12)9-14-11-19-7-2-1-3-15(19)18-14/h1-3,7,11-13,17H,4-6,8-10H2. The minimum Gasteiger partial charge on any atom is -0.341 e. The maximum atomic E-state index is 12.5. The van der Waals surface area contributed by atoms with Crippen molar-refractivity contribution in [1.82, 2.24) is 19.6 Å². The highest BCUT2D eigenvalue weighted by Gasteiger charge is 2.31. The molecule has 1 N–H and O–H groups in total. The number of hydrogen-bond acceptors (Lipinski definition) is 3. The van der Waals surface area contributed by atoms with E-state index in [0.29, 0.717) is 18.5 Å². The molecule has 110 valence electrons. The maximum Gasteiger partial charge on any atom is 0.228 e. The van der Waals surface area contributed by atoms with Gasteiger partial charge >= 0.3 is 0 Å². The molecular weight excluding hydrogens is 264 g/mol. The maximum absolute atomic E-state index is 12.5. The number of aromatic nitrogens is 2. The quantitative estimate of drug-likeness (QED) is 0.902.